The summed E-state index contributed by atoms with van der Waals surface area (Å²) in [5.74, 6) is 0.142. The van der Waals surface area contributed by atoms with E-state index in [1.807, 2.05) is 18.2 Å². The Morgan fingerprint density at radius 1 is 1.11 bits per heavy atom. The summed E-state index contributed by atoms with van der Waals surface area (Å²) in [7, 11) is 0. The van der Waals surface area contributed by atoms with E-state index in [4.69, 9.17) is 11.6 Å². The molecule has 0 radical (unpaired) electrons. The van der Waals surface area contributed by atoms with Gasteiger partial charge in [-0.1, -0.05) is 41.9 Å². The van der Waals surface area contributed by atoms with Gasteiger partial charge in [0.1, 0.15) is 0 Å². The summed E-state index contributed by atoms with van der Waals surface area (Å²) in [5, 5.41) is 0.609. The molecule has 0 amide bonds. The van der Waals surface area contributed by atoms with Crippen molar-refractivity contribution in [2.24, 2.45) is 0 Å². The van der Waals surface area contributed by atoms with E-state index in [9.17, 15) is 4.79 Å². The lowest BCUT2D eigenvalue weighted by Gasteiger charge is -2.08. The number of ketones is 1. The lowest BCUT2D eigenvalue weighted by atomic mass is 9.97. The highest BCUT2D eigenvalue weighted by molar-refractivity contribution is 6.31. The molecule has 0 aromatic heterocycles. The average Bonchev–Trinajstić information content (AvgIpc) is 2.40. The van der Waals surface area contributed by atoms with Gasteiger partial charge in [0.2, 0.25) is 0 Å². The van der Waals surface area contributed by atoms with E-state index in [1.54, 1.807) is 12.1 Å². The van der Waals surface area contributed by atoms with Crippen molar-refractivity contribution in [3.63, 3.8) is 0 Å². The van der Waals surface area contributed by atoms with Crippen LogP contribution in [0, 0.1) is 13.8 Å². The number of aryl methyl sites for hydroxylation is 2. The zero-order valence-electron chi connectivity index (χ0n) is 11.2. The predicted octanol–water partition coefficient (Wildman–Crippen LogP) is 4.77. The summed E-state index contributed by atoms with van der Waals surface area (Å²) in [6.07, 6.45) is 1.30. The highest BCUT2D eigenvalue weighted by Gasteiger charge is 2.08. The summed E-state index contributed by atoms with van der Waals surface area (Å²) in [6, 6.07) is 13.4. The fraction of sp³-hybridized carbons (Fsp3) is 0.235. The lowest BCUT2D eigenvalue weighted by Crippen LogP contribution is -2.02. The normalized spacial score (nSPS) is 10.5. The molecule has 0 saturated carbocycles. The van der Waals surface area contributed by atoms with Crippen LogP contribution in [0.2, 0.25) is 5.02 Å². The van der Waals surface area contributed by atoms with Crippen molar-refractivity contribution in [1.82, 2.24) is 0 Å². The van der Waals surface area contributed by atoms with Crippen LogP contribution >= 0.6 is 11.6 Å². The van der Waals surface area contributed by atoms with Crippen LogP contribution in [0.3, 0.4) is 0 Å². The van der Waals surface area contributed by atoms with Gasteiger partial charge in [0.05, 0.1) is 0 Å². The van der Waals surface area contributed by atoms with Gasteiger partial charge in [-0.25, -0.2) is 0 Å². The molecule has 98 valence electrons. The van der Waals surface area contributed by atoms with Crippen molar-refractivity contribution in [2.75, 3.05) is 0 Å². The van der Waals surface area contributed by atoms with Crippen molar-refractivity contribution >= 4 is 17.4 Å². The maximum absolute atomic E-state index is 12.1. The number of hydrogen-bond acceptors (Lipinski definition) is 1. The Hall–Kier alpha value is -1.60. The van der Waals surface area contributed by atoms with Crippen LogP contribution < -0.4 is 0 Å². The quantitative estimate of drug-likeness (QED) is 0.733. The maximum Gasteiger partial charge on any atom is 0.163 e. The molecule has 19 heavy (non-hydrogen) atoms. The third kappa shape index (κ3) is 3.45. The predicted molar refractivity (Wildman–Crippen MR) is 80.0 cm³/mol. The zero-order valence-corrected chi connectivity index (χ0v) is 12.0. The molecule has 0 atom stereocenters. The molecule has 0 saturated heterocycles. The Balaban J connectivity index is 2.07. The standard InChI is InChI=1S/C17H17ClO/c1-12-5-3-6-14(13(12)2)9-10-17(19)15-7-4-8-16(18)11-15/h3-8,11H,9-10H2,1-2H3. The van der Waals surface area contributed by atoms with Crippen LogP contribution in [0.15, 0.2) is 42.5 Å². The van der Waals surface area contributed by atoms with Crippen molar-refractivity contribution in [3.8, 4) is 0 Å². The summed E-state index contributed by atoms with van der Waals surface area (Å²) in [4.78, 5) is 12.1. The smallest absolute Gasteiger partial charge is 0.163 e. The molecule has 2 aromatic rings. The molecule has 0 bridgehead atoms. The molecule has 0 aliphatic carbocycles. The van der Waals surface area contributed by atoms with E-state index >= 15 is 0 Å². The van der Waals surface area contributed by atoms with Crippen molar-refractivity contribution in [2.45, 2.75) is 26.7 Å². The average molecular weight is 273 g/mol. The third-order valence-corrected chi connectivity index (χ3v) is 3.72. The van der Waals surface area contributed by atoms with Crippen LogP contribution in [0.4, 0.5) is 0 Å². The first-order valence-electron chi connectivity index (χ1n) is 6.42. The second-order valence-corrected chi connectivity index (χ2v) is 5.23. The summed E-state index contributed by atoms with van der Waals surface area (Å²) >= 11 is 5.90. The summed E-state index contributed by atoms with van der Waals surface area (Å²) in [6.45, 7) is 4.20. The van der Waals surface area contributed by atoms with E-state index in [2.05, 4.69) is 26.0 Å². The van der Waals surface area contributed by atoms with E-state index in [1.165, 1.54) is 16.7 Å². The minimum atomic E-state index is 0.142. The largest absolute Gasteiger partial charge is 0.294 e. The van der Waals surface area contributed by atoms with Gasteiger partial charge in [0.25, 0.3) is 0 Å². The van der Waals surface area contributed by atoms with Gasteiger partial charge in [0, 0.05) is 17.0 Å². The third-order valence-electron chi connectivity index (χ3n) is 3.48. The number of carbonyl (C=O) groups excluding carboxylic acids is 1. The number of benzene rings is 2. The SMILES string of the molecule is Cc1cccc(CCC(=O)c2cccc(Cl)c2)c1C. The van der Waals surface area contributed by atoms with Crippen LogP contribution in [0.1, 0.15) is 33.5 Å². The Bertz CT molecular complexity index is 602. The van der Waals surface area contributed by atoms with Crippen LogP contribution in [0.5, 0.6) is 0 Å². The number of hydrogen-bond donors (Lipinski definition) is 0. The van der Waals surface area contributed by atoms with E-state index < -0.39 is 0 Å². The second kappa shape index (κ2) is 6.03. The Kier molecular flexibility index (Phi) is 4.39. The van der Waals surface area contributed by atoms with Gasteiger partial charge in [0.15, 0.2) is 5.78 Å². The number of halogens is 1. The fourth-order valence-electron chi connectivity index (χ4n) is 2.14. The summed E-state index contributed by atoms with van der Waals surface area (Å²) in [5.41, 5.74) is 4.49. The highest BCUT2D eigenvalue weighted by atomic mass is 35.5. The van der Waals surface area contributed by atoms with Crippen molar-refractivity contribution < 1.29 is 4.79 Å². The number of carbonyl (C=O) groups is 1. The van der Waals surface area contributed by atoms with Crippen molar-refractivity contribution in [1.29, 1.82) is 0 Å². The number of rotatable bonds is 4. The van der Waals surface area contributed by atoms with E-state index in [0.29, 0.717) is 17.0 Å². The van der Waals surface area contributed by atoms with Crippen molar-refractivity contribution in [3.05, 3.63) is 69.7 Å². The minimum absolute atomic E-state index is 0.142. The molecule has 2 heteroatoms. The molecular formula is C17H17ClO. The maximum atomic E-state index is 12.1. The Labute approximate surface area is 119 Å². The Morgan fingerprint density at radius 3 is 2.58 bits per heavy atom. The molecule has 0 N–H and O–H groups in total. The minimum Gasteiger partial charge on any atom is -0.294 e. The number of Topliss-reactive ketones (excluding diaryl/α,β-unsaturated/α-hetero) is 1. The fourth-order valence-corrected chi connectivity index (χ4v) is 2.33. The first-order valence-corrected chi connectivity index (χ1v) is 6.79. The van der Waals surface area contributed by atoms with Gasteiger partial charge >= 0.3 is 0 Å². The molecule has 1 nitrogen and oxygen atoms in total. The summed E-state index contributed by atoms with van der Waals surface area (Å²) < 4.78 is 0. The molecule has 0 spiro atoms. The Morgan fingerprint density at radius 2 is 1.84 bits per heavy atom. The zero-order chi connectivity index (χ0) is 13.8. The van der Waals surface area contributed by atoms with Gasteiger partial charge in [-0.05, 0) is 49.1 Å². The molecule has 0 heterocycles. The molecule has 2 rings (SSSR count). The van der Waals surface area contributed by atoms with Gasteiger partial charge in [-0.15, -0.1) is 0 Å². The second-order valence-electron chi connectivity index (χ2n) is 4.79. The molecular weight excluding hydrogens is 256 g/mol. The van der Waals surface area contributed by atoms with Crippen LogP contribution in [-0.2, 0) is 6.42 Å². The molecule has 0 unspecified atom stereocenters. The topological polar surface area (TPSA) is 17.1 Å². The molecule has 0 aliphatic heterocycles. The molecule has 0 aliphatic rings. The first kappa shape index (κ1) is 13.8. The monoisotopic (exact) mass is 272 g/mol. The van der Waals surface area contributed by atoms with Crippen LogP contribution in [0.25, 0.3) is 0 Å². The molecule has 2 aromatic carbocycles. The lowest BCUT2D eigenvalue weighted by molar-refractivity contribution is 0.0983. The van der Waals surface area contributed by atoms with E-state index in [-0.39, 0.29) is 5.78 Å². The van der Waals surface area contributed by atoms with Crippen LogP contribution in [-0.4, -0.2) is 5.78 Å². The van der Waals surface area contributed by atoms with Gasteiger partial charge in [-0.2, -0.15) is 0 Å². The van der Waals surface area contributed by atoms with E-state index in [0.717, 1.165) is 6.42 Å². The van der Waals surface area contributed by atoms with Gasteiger partial charge in [-0.3, -0.25) is 4.79 Å². The first-order chi connectivity index (χ1) is 9.08. The van der Waals surface area contributed by atoms with Gasteiger partial charge < -0.3 is 0 Å². The molecule has 0 fully saturated rings. The highest BCUT2D eigenvalue weighted by Crippen LogP contribution is 2.17.